The number of carboxylic acids is 1. The van der Waals surface area contributed by atoms with Crippen LogP contribution in [0.1, 0.15) is 54.4 Å². The molecule has 1 aliphatic rings. The van der Waals surface area contributed by atoms with Gasteiger partial charge in [-0.15, -0.1) is 0 Å². The van der Waals surface area contributed by atoms with Gasteiger partial charge in [0.25, 0.3) is 27.7 Å². The predicted octanol–water partition coefficient (Wildman–Crippen LogP) is 5.85. The third-order valence-electron chi connectivity index (χ3n) is 7.95. The van der Waals surface area contributed by atoms with Crippen molar-refractivity contribution in [3.63, 3.8) is 0 Å². The zero-order valence-electron chi connectivity index (χ0n) is 26.8. The van der Waals surface area contributed by atoms with Gasteiger partial charge in [0, 0.05) is 46.3 Å². The minimum Gasteiger partial charge on any atom is -0.478 e. The fraction of sp³-hybridized carbons (Fsp3) is 0.111. The Bertz CT molecular complexity index is 2320. The molecule has 0 saturated heterocycles. The molecule has 6 rings (SSSR count). The summed E-state index contributed by atoms with van der Waals surface area (Å²) in [5.74, 6) is -3.19. The minimum absolute atomic E-state index is 0.0347. The number of methoxy groups -OCH3 is 1. The fourth-order valence-electron chi connectivity index (χ4n) is 5.40. The maximum atomic E-state index is 13.1. The first kappa shape index (κ1) is 34.8. The molecule has 0 unspecified atom stereocenters. The van der Waals surface area contributed by atoms with Gasteiger partial charge in [0.05, 0.1) is 18.2 Å². The summed E-state index contributed by atoms with van der Waals surface area (Å²) in [5, 5.41) is 16.2. The number of rotatable bonds is 11. The quantitative estimate of drug-likeness (QED) is 0.0842. The highest BCUT2D eigenvalue weighted by molar-refractivity contribution is 8.09. The number of carboxylic acid groups (broad SMARTS) is 1. The molecule has 0 fully saturated rings. The monoisotopic (exact) mass is 724 g/mol. The van der Waals surface area contributed by atoms with Crippen molar-refractivity contribution in [2.24, 2.45) is 0 Å². The van der Waals surface area contributed by atoms with Crippen LogP contribution in [0, 0.1) is 0 Å². The summed E-state index contributed by atoms with van der Waals surface area (Å²) in [7, 11) is -2.95. The van der Waals surface area contributed by atoms with Crippen LogP contribution in [-0.4, -0.2) is 64.7 Å². The largest absolute Gasteiger partial charge is 0.478 e. The molecule has 1 aliphatic heterocycles. The Kier molecular flexibility index (Phi) is 9.84. The van der Waals surface area contributed by atoms with E-state index in [1.807, 2.05) is 0 Å². The summed E-state index contributed by atoms with van der Waals surface area (Å²) < 4.78 is 31.5. The van der Waals surface area contributed by atoms with E-state index < -0.39 is 39.7 Å². The van der Waals surface area contributed by atoms with Gasteiger partial charge in [-0.3, -0.25) is 24.2 Å². The number of sulfonamides is 1. The number of nitrogens with one attached hydrogen (secondary N) is 2. The van der Waals surface area contributed by atoms with Gasteiger partial charge in [0.2, 0.25) is 0 Å². The van der Waals surface area contributed by atoms with E-state index in [9.17, 15) is 37.5 Å². The Hall–Kier alpha value is -6.06. The first-order valence-electron chi connectivity index (χ1n) is 15.4. The number of nitrogens with zero attached hydrogens (tertiary/aromatic N) is 2. The number of amides is 3. The van der Waals surface area contributed by atoms with Crippen molar-refractivity contribution in [1.82, 2.24) is 8.69 Å². The summed E-state index contributed by atoms with van der Waals surface area (Å²) >= 11 is 0.774. The minimum atomic E-state index is -4.21. The Balaban J connectivity index is 1.10. The van der Waals surface area contributed by atoms with Gasteiger partial charge in [-0.1, -0.05) is 42.5 Å². The molecular formula is C36H28N4O9S2. The molecule has 0 atom stereocenters. The molecule has 0 aliphatic carbocycles. The van der Waals surface area contributed by atoms with Crippen LogP contribution >= 0.6 is 11.9 Å². The molecule has 0 spiro atoms. The standard InChI is InChI=1S/C36H28N4O9S2/c1-49-31(41)9-4-18-50-40-35(44)26-16-12-23(19-30(26)51(40,47)48)33(42)38-25-14-10-21(11-15-25)24-13-17-29(37-20-24)34(43)39-28-8-3-6-22-5-2-7-27(32(22)28)36(45)46/h2-3,5-8,10-17,19-20H,4,9,18H2,1H3,(H,38,42)(H,39,43)(H,45,46). The van der Waals surface area contributed by atoms with Gasteiger partial charge in [0.15, 0.2) is 0 Å². The van der Waals surface area contributed by atoms with Crippen LogP contribution in [0.25, 0.3) is 21.9 Å². The van der Waals surface area contributed by atoms with E-state index in [0.29, 0.717) is 37.8 Å². The molecule has 4 aromatic carbocycles. The molecule has 3 amide bonds. The van der Waals surface area contributed by atoms with Crippen molar-refractivity contribution >= 4 is 73.8 Å². The number of fused-ring (bicyclic) bond motifs is 2. The molecule has 0 radical (unpaired) electrons. The zero-order valence-corrected chi connectivity index (χ0v) is 28.4. The average molecular weight is 725 g/mol. The van der Waals surface area contributed by atoms with Crippen LogP contribution in [0.2, 0.25) is 0 Å². The number of aromatic carboxylic acids is 1. The molecule has 5 aromatic rings. The van der Waals surface area contributed by atoms with Crippen LogP contribution in [0.4, 0.5) is 11.4 Å². The van der Waals surface area contributed by atoms with E-state index in [4.69, 9.17) is 0 Å². The Morgan fingerprint density at radius 2 is 1.61 bits per heavy atom. The first-order valence-corrected chi connectivity index (χ1v) is 17.7. The summed E-state index contributed by atoms with van der Waals surface area (Å²) in [6.45, 7) is 0. The second-order valence-electron chi connectivity index (χ2n) is 11.2. The van der Waals surface area contributed by atoms with Crippen LogP contribution < -0.4 is 10.6 Å². The normalized spacial score (nSPS) is 13.0. The van der Waals surface area contributed by atoms with Gasteiger partial charge in [-0.2, -0.15) is 3.71 Å². The Labute approximate surface area is 295 Å². The molecule has 51 heavy (non-hydrogen) atoms. The van der Waals surface area contributed by atoms with Crippen molar-refractivity contribution in [2.45, 2.75) is 17.7 Å². The van der Waals surface area contributed by atoms with Crippen molar-refractivity contribution in [2.75, 3.05) is 23.5 Å². The van der Waals surface area contributed by atoms with E-state index in [2.05, 4.69) is 20.4 Å². The van der Waals surface area contributed by atoms with E-state index in [1.165, 1.54) is 37.6 Å². The van der Waals surface area contributed by atoms with E-state index in [1.54, 1.807) is 60.7 Å². The van der Waals surface area contributed by atoms with Gasteiger partial charge in [-0.25, -0.2) is 13.2 Å². The van der Waals surface area contributed by atoms with Crippen molar-refractivity contribution in [3.8, 4) is 11.1 Å². The summed E-state index contributed by atoms with van der Waals surface area (Å²) in [6.07, 6.45) is 1.91. The molecule has 13 nitrogen and oxygen atoms in total. The molecule has 15 heteroatoms. The lowest BCUT2D eigenvalue weighted by Crippen LogP contribution is -2.23. The molecule has 2 heterocycles. The highest BCUT2D eigenvalue weighted by Gasteiger charge is 2.42. The molecule has 3 N–H and O–H groups in total. The number of ether oxygens (including phenoxy) is 1. The third-order valence-corrected chi connectivity index (χ3v) is 11.2. The number of aromatic nitrogens is 1. The Morgan fingerprint density at radius 3 is 2.29 bits per heavy atom. The molecule has 0 bridgehead atoms. The topological polar surface area (TPSA) is 189 Å². The maximum absolute atomic E-state index is 13.1. The van der Waals surface area contributed by atoms with E-state index >= 15 is 0 Å². The van der Waals surface area contributed by atoms with Crippen LogP contribution in [0.3, 0.4) is 0 Å². The number of pyridine rings is 1. The summed E-state index contributed by atoms with van der Waals surface area (Å²) in [4.78, 5) is 66.0. The fourth-order valence-corrected chi connectivity index (χ4v) is 8.28. The number of hydrogen-bond acceptors (Lipinski definition) is 10. The maximum Gasteiger partial charge on any atom is 0.336 e. The van der Waals surface area contributed by atoms with Crippen LogP contribution in [-0.2, 0) is 19.6 Å². The highest BCUT2D eigenvalue weighted by atomic mass is 32.3. The molecular weight excluding hydrogens is 697 g/mol. The number of benzene rings is 4. The van der Waals surface area contributed by atoms with Crippen molar-refractivity contribution in [3.05, 3.63) is 120 Å². The lowest BCUT2D eigenvalue weighted by molar-refractivity contribution is -0.140. The second kappa shape index (κ2) is 14.4. The number of anilines is 2. The number of hydrogen-bond donors (Lipinski definition) is 3. The van der Waals surface area contributed by atoms with E-state index in [-0.39, 0.29) is 39.5 Å². The molecule has 258 valence electrons. The van der Waals surface area contributed by atoms with Gasteiger partial charge >= 0.3 is 11.9 Å². The second-order valence-corrected chi connectivity index (χ2v) is 14.2. The predicted molar refractivity (Wildman–Crippen MR) is 190 cm³/mol. The SMILES string of the molecule is COC(=O)CCCSN1C(=O)c2ccc(C(=O)Nc3ccc(-c4ccc(C(=O)Nc5cccc6cccc(C(=O)O)c56)nc4)cc3)cc2S1(=O)=O. The van der Waals surface area contributed by atoms with Gasteiger partial charge < -0.3 is 20.5 Å². The summed E-state index contributed by atoms with van der Waals surface area (Å²) in [6, 6.07) is 23.8. The van der Waals surface area contributed by atoms with Crippen molar-refractivity contribution in [1.29, 1.82) is 0 Å². The van der Waals surface area contributed by atoms with Crippen LogP contribution in [0.5, 0.6) is 0 Å². The van der Waals surface area contributed by atoms with Crippen molar-refractivity contribution < 1.29 is 42.2 Å². The first-order chi connectivity index (χ1) is 24.5. The molecule has 1 aromatic heterocycles. The summed E-state index contributed by atoms with van der Waals surface area (Å²) in [5.41, 5.74) is 2.36. The number of carbonyl (C=O) groups excluding carboxylic acids is 4. The van der Waals surface area contributed by atoms with Gasteiger partial charge in [0.1, 0.15) is 10.6 Å². The number of esters is 1. The number of carbonyl (C=O) groups is 5. The third kappa shape index (κ3) is 7.15. The van der Waals surface area contributed by atoms with E-state index in [0.717, 1.165) is 23.6 Å². The molecule has 0 saturated carbocycles. The highest BCUT2D eigenvalue weighted by Crippen LogP contribution is 2.36. The van der Waals surface area contributed by atoms with Crippen LogP contribution in [0.15, 0.2) is 102 Å². The lowest BCUT2D eigenvalue weighted by atomic mass is 10.0. The zero-order chi connectivity index (χ0) is 36.3. The smallest absolute Gasteiger partial charge is 0.336 e. The van der Waals surface area contributed by atoms with Gasteiger partial charge in [-0.05, 0) is 77.8 Å². The Morgan fingerprint density at radius 1 is 0.882 bits per heavy atom. The lowest BCUT2D eigenvalue weighted by Gasteiger charge is -2.13. The average Bonchev–Trinajstić information content (AvgIpc) is 3.33.